The molecule has 9 aromatic carbocycles. The fourth-order valence-corrected chi connectivity index (χ4v) is 19.7. The van der Waals surface area contributed by atoms with Crippen LogP contribution in [0.25, 0.3) is 33.1 Å². The van der Waals surface area contributed by atoms with Crippen molar-refractivity contribution in [2.45, 2.75) is 218 Å². The molecule has 17 rings (SSSR count). The summed E-state index contributed by atoms with van der Waals surface area (Å²) in [5.41, 5.74) is 32.3. The van der Waals surface area contributed by atoms with Gasteiger partial charge in [0.25, 0.3) is 6.71 Å². The molecule has 0 spiro atoms. The van der Waals surface area contributed by atoms with Gasteiger partial charge in [0, 0.05) is 72.5 Å². The van der Waals surface area contributed by atoms with Crippen molar-refractivity contribution in [1.82, 2.24) is 0 Å². The minimum absolute atomic E-state index is 0.00185. The molecule has 0 saturated heterocycles. The summed E-state index contributed by atoms with van der Waals surface area (Å²) in [5, 5.41) is 2.28. The van der Waals surface area contributed by atoms with Gasteiger partial charge >= 0.3 is 0 Å². The van der Waals surface area contributed by atoms with Crippen LogP contribution in [0.4, 0.5) is 45.5 Å². The van der Waals surface area contributed by atoms with Gasteiger partial charge in [-0.25, -0.2) is 0 Å². The molecule has 4 nitrogen and oxygen atoms in total. The summed E-state index contributed by atoms with van der Waals surface area (Å²) in [5.74, 6) is 0. The summed E-state index contributed by atoms with van der Waals surface area (Å²) < 4.78 is 6.71. The number of anilines is 8. The second-order valence-electron chi connectivity index (χ2n) is 35.0. The molecule has 2 atom stereocenters. The third kappa shape index (κ3) is 8.10. The number of nitrogens with zero attached hydrogens (tertiary/aromatic N) is 3. The van der Waals surface area contributed by atoms with E-state index in [0.29, 0.717) is 0 Å². The molecule has 3 aliphatic heterocycles. The van der Waals surface area contributed by atoms with Crippen LogP contribution in [0.5, 0.6) is 0 Å². The first-order valence-electron chi connectivity index (χ1n) is 35.3. The van der Waals surface area contributed by atoms with Gasteiger partial charge in [0.15, 0.2) is 0 Å². The molecule has 0 amide bonds. The fraction of sp³-hybridized carbons (Fsp3) is 0.386. The Labute approximate surface area is 554 Å². The first-order chi connectivity index (χ1) is 43.9. The van der Waals surface area contributed by atoms with Crippen LogP contribution in [0.1, 0.15) is 225 Å². The molecule has 470 valence electrons. The zero-order valence-corrected chi connectivity index (χ0v) is 58.6. The van der Waals surface area contributed by atoms with E-state index in [4.69, 9.17) is 4.42 Å². The Bertz CT molecular complexity index is 4860. The summed E-state index contributed by atoms with van der Waals surface area (Å²) in [6, 6.07) is 66.0. The highest BCUT2D eigenvalue weighted by molar-refractivity contribution is 7.00. The molecular weight excluding hydrogens is 1130 g/mol. The third-order valence-electron chi connectivity index (χ3n) is 25.9. The van der Waals surface area contributed by atoms with Crippen molar-refractivity contribution in [3.8, 4) is 11.1 Å². The summed E-state index contributed by atoms with van der Waals surface area (Å²) >= 11 is 0. The largest absolute Gasteiger partial charge is 0.456 e. The second kappa shape index (κ2) is 19.0. The van der Waals surface area contributed by atoms with E-state index in [9.17, 15) is 0 Å². The summed E-state index contributed by atoms with van der Waals surface area (Å²) in [6.07, 6.45) is 9.24. The Morgan fingerprint density at radius 2 is 0.871 bits per heavy atom. The lowest BCUT2D eigenvalue weighted by Crippen LogP contribution is -2.62. The molecule has 5 heteroatoms. The highest BCUT2D eigenvalue weighted by Gasteiger charge is 2.59. The number of hydrogen-bond acceptors (Lipinski definition) is 4. The van der Waals surface area contributed by atoms with E-state index in [1.165, 1.54) is 142 Å². The van der Waals surface area contributed by atoms with Crippen molar-refractivity contribution in [2.24, 2.45) is 0 Å². The molecule has 2 unspecified atom stereocenters. The smallest absolute Gasteiger partial charge is 0.252 e. The van der Waals surface area contributed by atoms with E-state index in [0.717, 1.165) is 59.7 Å². The topological polar surface area (TPSA) is 22.9 Å². The van der Waals surface area contributed by atoms with Crippen LogP contribution in [0.2, 0.25) is 0 Å². The molecule has 1 aromatic heterocycles. The zero-order valence-electron chi connectivity index (χ0n) is 58.6. The molecule has 10 aromatic rings. The number of benzene rings is 9. The molecule has 4 heterocycles. The first-order valence-corrected chi connectivity index (χ1v) is 35.3. The van der Waals surface area contributed by atoms with Crippen LogP contribution >= 0.6 is 0 Å². The third-order valence-corrected chi connectivity index (χ3v) is 25.9. The van der Waals surface area contributed by atoms with E-state index in [1.54, 1.807) is 0 Å². The van der Waals surface area contributed by atoms with Crippen molar-refractivity contribution in [2.75, 3.05) is 14.7 Å². The van der Waals surface area contributed by atoms with Crippen LogP contribution in [0.3, 0.4) is 0 Å². The molecule has 0 radical (unpaired) electrons. The Balaban J connectivity index is 1.01. The number of furan rings is 1. The van der Waals surface area contributed by atoms with Gasteiger partial charge in [-0.3, -0.25) is 0 Å². The van der Waals surface area contributed by atoms with E-state index in [-0.39, 0.29) is 55.6 Å². The van der Waals surface area contributed by atoms with Gasteiger partial charge in [0.2, 0.25) is 0 Å². The fourth-order valence-electron chi connectivity index (χ4n) is 19.7. The Morgan fingerprint density at radius 3 is 1.51 bits per heavy atom. The summed E-state index contributed by atoms with van der Waals surface area (Å²) in [6.45, 7) is 42.1. The average molecular weight is 1220 g/mol. The van der Waals surface area contributed by atoms with E-state index in [1.807, 2.05) is 0 Å². The van der Waals surface area contributed by atoms with Crippen molar-refractivity contribution < 1.29 is 4.42 Å². The lowest BCUT2D eigenvalue weighted by atomic mass is 9.32. The molecule has 1 saturated carbocycles. The van der Waals surface area contributed by atoms with Crippen molar-refractivity contribution >= 4 is 90.5 Å². The molecule has 4 aliphatic carbocycles. The van der Waals surface area contributed by atoms with Gasteiger partial charge in [0.1, 0.15) is 11.2 Å². The summed E-state index contributed by atoms with van der Waals surface area (Å²) in [7, 11) is 0. The Kier molecular flexibility index (Phi) is 12.1. The van der Waals surface area contributed by atoms with Gasteiger partial charge in [-0.15, -0.1) is 0 Å². The van der Waals surface area contributed by atoms with Gasteiger partial charge < -0.3 is 19.1 Å². The minimum Gasteiger partial charge on any atom is -0.456 e. The lowest BCUT2D eigenvalue weighted by Gasteiger charge is -2.52. The van der Waals surface area contributed by atoms with Crippen LogP contribution in [-0.4, -0.2) is 12.3 Å². The maximum Gasteiger partial charge on any atom is 0.252 e. The van der Waals surface area contributed by atoms with E-state index < -0.39 is 0 Å². The molecular formula is C88H94BN3O. The molecule has 1 fully saturated rings. The van der Waals surface area contributed by atoms with Crippen molar-refractivity contribution in [3.05, 3.63) is 219 Å². The second-order valence-corrected chi connectivity index (χ2v) is 35.0. The van der Waals surface area contributed by atoms with Crippen LogP contribution in [0.15, 0.2) is 168 Å². The SMILES string of the molecule is CC(C)(C)c1ccc(-c2ccc3c(c2)C2(C)CCCCC2(C)N3c2cc3c4c(c2)N(c2ccc5oc6ccccc6c5c2)c2cc5c(cc2B4c2cc4c(cc2N3c2ccc3c(c2)C(C)(C)CCC3(C)C)C(C)(C)CCC4(C)C)C(C)(C)c2ccccc2C5(C)C)cc1. The number of fused-ring (bicyclic) bond motifs is 14. The van der Waals surface area contributed by atoms with Crippen LogP contribution < -0.4 is 31.1 Å². The summed E-state index contributed by atoms with van der Waals surface area (Å²) in [4.78, 5) is 8.40. The van der Waals surface area contributed by atoms with Gasteiger partial charge in [0.05, 0.1) is 5.54 Å². The maximum absolute atomic E-state index is 6.71. The molecule has 0 N–H and O–H groups in total. The van der Waals surface area contributed by atoms with Crippen molar-refractivity contribution in [1.29, 1.82) is 0 Å². The van der Waals surface area contributed by atoms with Crippen molar-refractivity contribution in [3.63, 3.8) is 0 Å². The maximum atomic E-state index is 6.71. The van der Waals surface area contributed by atoms with E-state index >= 15 is 0 Å². The monoisotopic (exact) mass is 1220 g/mol. The van der Waals surface area contributed by atoms with Crippen LogP contribution in [-0.2, 0) is 43.3 Å². The predicted octanol–water partition coefficient (Wildman–Crippen LogP) is 22.0. The molecule has 7 aliphatic rings. The lowest BCUT2D eigenvalue weighted by molar-refractivity contribution is 0.195. The van der Waals surface area contributed by atoms with E-state index in [2.05, 4.69) is 296 Å². The Morgan fingerprint density at radius 1 is 0.366 bits per heavy atom. The highest BCUT2D eigenvalue weighted by Crippen LogP contribution is 2.63. The van der Waals surface area contributed by atoms with Gasteiger partial charge in [-0.05, 0) is 228 Å². The molecule has 0 bridgehead atoms. The molecule has 93 heavy (non-hydrogen) atoms. The zero-order chi connectivity index (χ0) is 64.9. The number of rotatable bonds is 4. The minimum atomic E-state index is -0.280. The quantitative estimate of drug-likeness (QED) is 0.164. The normalized spacial score (nSPS) is 22.6. The Hall–Kier alpha value is -7.76. The average Bonchev–Trinajstić information content (AvgIpc) is 1.67. The number of hydrogen-bond donors (Lipinski definition) is 0. The first kappa shape index (κ1) is 59.0. The predicted molar refractivity (Wildman–Crippen MR) is 396 cm³/mol. The van der Waals surface area contributed by atoms with Gasteiger partial charge in [-0.2, -0.15) is 0 Å². The van der Waals surface area contributed by atoms with Gasteiger partial charge in [-0.1, -0.05) is 215 Å². The number of para-hydroxylation sites is 1. The van der Waals surface area contributed by atoms with Crippen LogP contribution in [0, 0.1) is 0 Å². The highest BCUT2D eigenvalue weighted by atomic mass is 16.3. The standard InChI is InChI=1S/C88H94BN3O/c1-80(2,3)55-31-28-53(29-32-55)54-30-36-72-69(44-54)87(16)38-22-23-39-88(87,17)92(72)58-47-75-79-76(48-58)91(57-33-35-61-64(46-57)82(6,7)41-40-81(61,4)5)73-51-66-65(83(8,9)42-43-84(66,10)11)49-70(73)89(79)71-50-67-68(86(14,15)63-26-20-19-25-62(63)85(67,12)13)52-74(71)90(75)56-34-37-78-60(45-56)59-24-18-21-27-77(59)93-78/h18-21,24-37,44-52H,22-23,38-43H2,1-17H3.